The Labute approximate surface area is 114 Å². The first-order valence-electron chi connectivity index (χ1n) is 7.08. The lowest BCUT2D eigenvalue weighted by atomic mass is 10.2. The van der Waals surface area contributed by atoms with E-state index in [1.807, 2.05) is 17.0 Å². The predicted molar refractivity (Wildman–Crippen MR) is 76.4 cm³/mol. The number of carbonyl (C=O) groups excluding carboxylic acids is 1. The van der Waals surface area contributed by atoms with Crippen LogP contribution in [0.15, 0.2) is 24.3 Å². The Morgan fingerprint density at radius 1 is 1.11 bits per heavy atom. The molecule has 1 atom stereocenters. The molecule has 3 rings (SSSR count). The molecule has 4 heteroatoms. The van der Waals surface area contributed by atoms with Crippen molar-refractivity contribution < 1.29 is 4.79 Å². The van der Waals surface area contributed by atoms with Crippen LogP contribution >= 0.6 is 0 Å². The molecule has 0 bridgehead atoms. The van der Waals surface area contributed by atoms with Crippen LogP contribution in [0.5, 0.6) is 0 Å². The van der Waals surface area contributed by atoms with Crippen molar-refractivity contribution in [2.24, 2.45) is 0 Å². The van der Waals surface area contributed by atoms with Crippen LogP contribution in [0, 0.1) is 6.92 Å². The van der Waals surface area contributed by atoms with E-state index in [2.05, 4.69) is 29.3 Å². The highest BCUT2D eigenvalue weighted by molar-refractivity contribution is 5.99. The number of hydrogen-bond donors (Lipinski definition) is 1. The number of carbonyl (C=O) groups is 1. The maximum absolute atomic E-state index is 12.6. The number of benzene rings is 1. The highest BCUT2D eigenvalue weighted by Crippen LogP contribution is 2.24. The SMILES string of the molecule is Cc1ccc(N2CCC(N3CCNCC3)C2=O)cc1. The Bertz CT molecular complexity index is 451. The summed E-state index contributed by atoms with van der Waals surface area (Å²) < 4.78 is 0. The van der Waals surface area contributed by atoms with Crippen molar-refractivity contribution in [3.05, 3.63) is 29.8 Å². The van der Waals surface area contributed by atoms with Crippen LogP contribution < -0.4 is 10.2 Å². The zero-order valence-electron chi connectivity index (χ0n) is 11.4. The molecule has 1 aromatic carbocycles. The molecule has 1 aromatic rings. The number of rotatable bonds is 2. The van der Waals surface area contributed by atoms with Crippen molar-refractivity contribution in [2.75, 3.05) is 37.6 Å². The van der Waals surface area contributed by atoms with Crippen molar-refractivity contribution in [1.29, 1.82) is 0 Å². The van der Waals surface area contributed by atoms with E-state index in [4.69, 9.17) is 0 Å². The lowest BCUT2D eigenvalue weighted by Gasteiger charge is -2.31. The zero-order chi connectivity index (χ0) is 13.2. The second kappa shape index (κ2) is 5.31. The normalized spacial score (nSPS) is 25.0. The fourth-order valence-electron chi connectivity index (χ4n) is 2.98. The number of anilines is 1. The van der Waals surface area contributed by atoms with Crippen molar-refractivity contribution >= 4 is 11.6 Å². The molecule has 0 aliphatic carbocycles. The monoisotopic (exact) mass is 259 g/mol. The van der Waals surface area contributed by atoms with Crippen LogP contribution in [0.25, 0.3) is 0 Å². The summed E-state index contributed by atoms with van der Waals surface area (Å²) in [4.78, 5) is 16.8. The van der Waals surface area contributed by atoms with Crippen molar-refractivity contribution in [3.63, 3.8) is 0 Å². The van der Waals surface area contributed by atoms with E-state index in [1.165, 1.54) is 5.56 Å². The molecular formula is C15H21N3O. The first kappa shape index (κ1) is 12.6. The highest BCUT2D eigenvalue weighted by Gasteiger charge is 2.36. The number of piperazine rings is 1. The van der Waals surface area contributed by atoms with Gasteiger partial charge in [-0.25, -0.2) is 0 Å². The third-order valence-electron chi connectivity index (χ3n) is 4.12. The van der Waals surface area contributed by atoms with Crippen molar-refractivity contribution in [3.8, 4) is 0 Å². The van der Waals surface area contributed by atoms with E-state index in [1.54, 1.807) is 0 Å². The van der Waals surface area contributed by atoms with Crippen LogP contribution in [0.3, 0.4) is 0 Å². The Balaban J connectivity index is 1.72. The second-order valence-corrected chi connectivity index (χ2v) is 5.42. The summed E-state index contributed by atoms with van der Waals surface area (Å²) in [5.74, 6) is 0.269. The van der Waals surface area contributed by atoms with Crippen LogP contribution in [0.4, 0.5) is 5.69 Å². The molecule has 2 aliphatic rings. The van der Waals surface area contributed by atoms with Gasteiger partial charge in [-0.05, 0) is 25.5 Å². The van der Waals surface area contributed by atoms with Gasteiger partial charge in [-0.1, -0.05) is 17.7 Å². The molecule has 0 aromatic heterocycles. The summed E-state index contributed by atoms with van der Waals surface area (Å²) in [7, 11) is 0. The smallest absolute Gasteiger partial charge is 0.244 e. The van der Waals surface area contributed by atoms with Gasteiger partial charge in [0.1, 0.15) is 0 Å². The minimum Gasteiger partial charge on any atom is -0.314 e. The molecule has 102 valence electrons. The van der Waals surface area contributed by atoms with E-state index < -0.39 is 0 Å². The van der Waals surface area contributed by atoms with Gasteiger partial charge in [0.2, 0.25) is 5.91 Å². The van der Waals surface area contributed by atoms with Crippen molar-refractivity contribution in [2.45, 2.75) is 19.4 Å². The van der Waals surface area contributed by atoms with E-state index >= 15 is 0 Å². The quantitative estimate of drug-likeness (QED) is 0.861. The van der Waals surface area contributed by atoms with E-state index in [0.717, 1.165) is 44.8 Å². The summed E-state index contributed by atoms with van der Waals surface area (Å²) in [6.07, 6.45) is 0.951. The van der Waals surface area contributed by atoms with Gasteiger partial charge in [-0.3, -0.25) is 9.69 Å². The summed E-state index contributed by atoms with van der Waals surface area (Å²) in [5, 5.41) is 3.34. The van der Waals surface area contributed by atoms with Gasteiger partial charge in [0.25, 0.3) is 0 Å². The Morgan fingerprint density at radius 2 is 1.79 bits per heavy atom. The lowest BCUT2D eigenvalue weighted by molar-refractivity contribution is -0.121. The molecule has 1 unspecified atom stereocenters. The molecule has 4 nitrogen and oxygen atoms in total. The van der Waals surface area contributed by atoms with Gasteiger partial charge in [-0.15, -0.1) is 0 Å². The average molecular weight is 259 g/mol. The Morgan fingerprint density at radius 3 is 2.47 bits per heavy atom. The molecular weight excluding hydrogens is 238 g/mol. The van der Waals surface area contributed by atoms with Crippen LogP contribution in [0.1, 0.15) is 12.0 Å². The number of nitrogens with zero attached hydrogens (tertiary/aromatic N) is 2. The Hall–Kier alpha value is -1.39. The topological polar surface area (TPSA) is 35.6 Å². The van der Waals surface area contributed by atoms with Gasteiger partial charge in [0, 0.05) is 38.4 Å². The molecule has 2 heterocycles. The van der Waals surface area contributed by atoms with E-state index in [-0.39, 0.29) is 11.9 Å². The average Bonchev–Trinajstić information content (AvgIpc) is 2.83. The number of hydrogen-bond acceptors (Lipinski definition) is 3. The zero-order valence-corrected chi connectivity index (χ0v) is 11.4. The molecule has 0 saturated carbocycles. The molecule has 0 radical (unpaired) electrons. The van der Waals surface area contributed by atoms with Crippen LogP contribution in [-0.2, 0) is 4.79 Å². The third-order valence-corrected chi connectivity index (χ3v) is 4.12. The largest absolute Gasteiger partial charge is 0.314 e. The fraction of sp³-hybridized carbons (Fsp3) is 0.533. The van der Waals surface area contributed by atoms with Gasteiger partial charge in [0.15, 0.2) is 0 Å². The summed E-state index contributed by atoms with van der Waals surface area (Å²) in [6, 6.07) is 8.32. The molecule has 0 spiro atoms. The maximum Gasteiger partial charge on any atom is 0.244 e. The van der Waals surface area contributed by atoms with Crippen molar-refractivity contribution in [1.82, 2.24) is 10.2 Å². The highest BCUT2D eigenvalue weighted by atomic mass is 16.2. The molecule has 2 saturated heterocycles. The number of amides is 1. The first-order valence-corrected chi connectivity index (χ1v) is 7.08. The standard InChI is InChI=1S/C15H21N3O/c1-12-2-4-13(5-3-12)18-9-6-14(15(18)19)17-10-7-16-8-11-17/h2-5,14,16H,6-11H2,1H3. The van der Waals surface area contributed by atoms with Gasteiger partial charge in [0.05, 0.1) is 6.04 Å². The predicted octanol–water partition coefficient (Wildman–Crippen LogP) is 1.01. The minimum absolute atomic E-state index is 0.0865. The van der Waals surface area contributed by atoms with Crippen LogP contribution in [0.2, 0.25) is 0 Å². The molecule has 1 amide bonds. The van der Waals surface area contributed by atoms with Crippen LogP contribution in [-0.4, -0.2) is 49.6 Å². The number of nitrogens with one attached hydrogen (secondary N) is 1. The second-order valence-electron chi connectivity index (χ2n) is 5.42. The summed E-state index contributed by atoms with van der Waals surface area (Å²) in [6.45, 7) is 6.87. The van der Waals surface area contributed by atoms with Gasteiger partial charge < -0.3 is 10.2 Å². The minimum atomic E-state index is 0.0865. The van der Waals surface area contributed by atoms with E-state index in [9.17, 15) is 4.79 Å². The van der Waals surface area contributed by atoms with E-state index in [0.29, 0.717) is 0 Å². The molecule has 1 N–H and O–H groups in total. The fourth-order valence-corrected chi connectivity index (χ4v) is 2.98. The first-order chi connectivity index (χ1) is 9.25. The summed E-state index contributed by atoms with van der Waals surface area (Å²) >= 11 is 0. The third kappa shape index (κ3) is 2.51. The maximum atomic E-state index is 12.6. The lowest BCUT2D eigenvalue weighted by Crippen LogP contribution is -2.51. The molecule has 2 aliphatic heterocycles. The molecule has 19 heavy (non-hydrogen) atoms. The summed E-state index contributed by atoms with van der Waals surface area (Å²) in [5.41, 5.74) is 2.27. The van der Waals surface area contributed by atoms with Gasteiger partial charge >= 0.3 is 0 Å². The number of aryl methyl sites for hydroxylation is 1. The molecule has 2 fully saturated rings. The van der Waals surface area contributed by atoms with Gasteiger partial charge in [-0.2, -0.15) is 0 Å². The Kier molecular flexibility index (Phi) is 3.53.